The maximum Gasteiger partial charge on any atom is 0.347 e. The SMILES string of the molecule is Cc1nc(C2CC3CCC(C2)N3C)sc1C(=O)O. The second-order valence-corrected chi connectivity index (χ2v) is 6.52. The molecule has 0 radical (unpaired) electrons. The van der Waals surface area contributed by atoms with Gasteiger partial charge in [0.1, 0.15) is 4.88 Å². The van der Waals surface area contributed by atoms with Crippen LogP contribution in [0.3, 0.4) is 0 Å². The summed E-state index contributed by atoms with van der Waals surface area (Å²) in [5.74, 6) is -0.373. The Bertz CT molecular complexity index is 471. The van der Waals surface area contributed by atoms with Crippen molar-refractivity contribution in [3.05, 3.63) is 15.6 Å². The minimum absolute atomic E-state index is 0.413. The summed E-state index contributed by atoms with van der Waals surface area (Å²) in [4.78, 5) is 18.5. The molecule has 18 heavy (non-hydrogen) atoms. The summed E-state index contributed by atoms with van der Waals surface area (Å²) in [6.07, 6.45) is 4.85. The Morgan fingerprint density at radius 1 is 1.39 bits per heavy atom. The first kappa shape index (κ1) is 12.1. The van der Waals surface area contributed by atoms with Gasteiger partial charge in [-0.1, -0.05) is 0 Å². The van der Waals surface area contributed by atoms with E-state index in [1.54, 1.807) is 6.92 Å². The largest absolute Gasteiger partial charge is 0.477 e. The molecule has 3 rings (SSSR count). The summed E-state index contributed by atoms with van der Waals surface area (Å²) in [6, 6.07) is 1.34. The third-order valence-electron chi connectivity index (χ3n) is 4.45. The smallest absolute Gasteiger partial charge is 0.347 e. The zero-order valence-electron chi connectivity index (χ0n) is 10.7. The van der Waals surface area contributed by atoms with Crippen LogP contribution in [0.15, 0.2) is 0 Å². The van der Waals surface area contributed by atoms with E-state index in [1.807, 2.05) is 0 Å². The number of aryl methyl sites for hydroxylation is 1. The van der Waals surface area contributed by atoms with Crippen LogP contribution < -0.4 is 0 Å². The number of carbonyl (C=O) groups is 1. The van der Waals surface area contributed by atoms with Crippen molar-refractivity contribution in [1.29, 1.82) is 0 Å². The minimum atomic E-state index is -0.841. The Hall–Kier alpha value is -0.940. The molecular formula is C13H18N2O2S. The van der Waals surface area contributed by atoms with Gasteiger partial charge in [0.05, 0.1) is 10.7 Å². The summed E-state index contributed by atoms with van der Waals surface area (Å²) < 4.78 is 0. The van der Waals surface area contributed by atoms with Crippen LogP contribution in [0, 0.1) is 6.92 Å². The normalized spacial score (nSPS) is 31.8. The molecule has 5 heteroatoms. The van der Waals surface area contributed by atoms with Crippen molar-refractivity contribution in [3.63, 3.8) is 0 Å². The topological polar surface area (TPSA) is 53.4 Å². The van der Waals surface area contributed by atoms with E-state index < -0.39 is 5.97 Å². The molecule has 0 saturated carbocycles. The van der Waals surface area contributed by atoms with Gasteiger partial charge in [-0.25, -0.2) is 9.78 Å². The highest BCUT2D eigenvalue weighted by Crippen LogP contribution is 2.43. The van der Waals surface area contributed by atoms with E-state index in [0.29, 0.717) is 28.6 Å². The lowest BCUT2D eigenvalue weighted by atomic mass is 9.92. The molecule has 4 nitrogen and oxygen atoms in total. The number of aromatic nitrogens is 1. The fourth-order valence-corrected chi connectivity index (χ4v) is 4.43. The van der Waals surface area contributed by atoms with Crippen molar-refractivity contribution >= 4 is 17.3 Å². The maximum absolute atomic E-state index is 11.1. The molecule has 2 unspecified atom stereocenters. The van der Waals surface area contributed by atoms with E-state index in [-0.39, 0.29) is 0 Å². The average Bonchev–Trinajstić information content (AvgIpc) is 2.77. The summed E-state index contributed by atoms with van der Waals surface area (Å²) in [7, 11) is 2.22. The van der Waals surface area contributed by atoms with Crippen LogP contribution in [0.5, 0.6) is 0 Å². The van der Waals surface area contributed by atoms with E-state index in [4.69, 9.17) is 5.11 Å². The lowest BCUT2D eigenvalue weighted by molar-refractivity contribution is 0.0701. The quantitative estimate of drug-likeness (QED) is 0.893. The lowest BCUT2D eigenvalue weighted by Crippen LogP contribution is -2.39. The number of carboxylic acid groups (broad SMARTS) is 1. The van der Waals surface area contributed by atoms with Crippen LogP contribution >= 0.6 is 11.3 Å². The molecule has 2 aliphatic rings. The maximum atomic E-state index is 11.1. The highest BCUT2D eigenvalue weighted by atomic mass is 32.1. The summed E-state index contributed by atoms with van der Waals surface area (Å²) >= 11 is 1.38. The third kappa shape index (κ3) is 1.86. The van der Waals surface area contributed by atoms with Crippen LogP contribution in [0.25, 0.3) is 0 Å². The number of hydrogen-bond acceptors (Lipinski definition) is 4. The van der Waals surface area contributed by atoms with Crippen molar-refractivity contribution in [1.82, 2.24) is 9.88 Å². The van der Waals surface area contributed by atoms with Crippen LogP contribution in [-0.2, 0) is 0 Å². The van der Waals surface area contributed by atoms with Crippen LogP contribution in [0.2, 0.25) is 0 Å². The van der Waals surface area contributed by atoms with Crippen molar-refractivity contribution in [2.75, 3.05) is 7.05 Å². The van der Waals surface area contributed by atoms with E-state index in [1.165, 1.54) is 24.2 Å². The molecule has 0 aromatic carbocycles. The Labute approximate surface area is 111 Å². The Balaban J connectivity index is 1.84. The lowest BCUT2D eigenvalue weighted by Gasteiger charge is -2.35. The van der Waals surface area contributed by atoms with Gasteiger partial charge in [0, 0.05) is 18.0 Å². The van der Waals surface area contributed by atoms with E-state index in [9.17, 15) is 4.79 Å². The predicted octanol–water partition coefficient (Wildman–Crippen LogP) is 2.49. The number of carboxylic acids is 1. The third-order valence-corrected chi connectivity index (χ3v) is 5.76. The van der Waals surface area contributed by atoms with Gasteiger partial charge >= 0.3 is 5.97 Å². The fraction of sp³-hybridized carbons (Fsp3) is 0.692. The number of thiazole rings is 1. The van der Waals surface area contributed by atoms with Gasteiger partial charge < -0.3 is 10.0 Å². The molecule has 2 bridgehead atoms. The molecule has 98 valence electrons. The first-order chi connectivity index (χ1) is 8.56. The van der Waals surface area contributed by atoms with E-state index >= 15 is 0 Å². The molecule has 0 spiro atoms. The molecule has 2 fully saturated rings. The first-order valence-electron chi connectivity index (χ1n) is 6.48. The second-order valence-electron chi connectivity index (χ2n) is 5.49. The van der Waals surface area contributed by atoms with Gasteiger partial charge in [0.25, 0.3) is 0 Å². The summed E-state index contributed by atoms with van der Waals surface area (Å²) in [5, 5.41) is 10.1. The van der Waals surface area contributed by atoms with Gasteiger partial charge in [-0.2, -0.15) is 0 Å². The van der Waals surface area contributed by atoms with E-state index in [0.717, 1.165) is 17.8 Å². The second kappa shape index (κ2) is 4.31. The van der Waals surface area contributed by atoms with Crippen LogP contribution in [0.1, 0.15) is 52.0 Å². The highest BCUT2D eigenvalue weighted by Gasteiger charge is 2.40. The van der Waals surface area contributed by atoms with Gasteiger partial charge in [0.2, 0.25) is 0 Å². The molecule has 0 aliphatic carbocycles. The van der Waals surface area contributed by atoms with Gasteiger partial charge in [-0.3, -0.25) is 0 Å². The van der Waals surface area contributed by atoms with Crippen LogP contribution in [-0.4, -0.2) is 40.1 Å². The number of nitrogens with zero attached hydrogens (tertiary/aromatic N) is 2. The first-order valence-corrected chi connectivity index (χ1v) is 7.30. The fourth-order valence-electron chi connectivity index (χ4n) is 3.40. The molecular weight excluding hydrogens is 248 g/mol. The molecule has 2 saturated heterocycles. The molecule has 3 heterocycles. The highest BCUT2D eigenvalue weighted by molar-refractivity contribution is 7.13. The van der Waals surface area contributed by atoms with Crippen molar-refractivity contribution < 1.29 is 9.90 Å². The minimum Gasteiger partial charge on any atom is -0.477 e. The number of hydrogen-bond donors (Lipinski definition) is 1. The summed E-state index contributed by atoms with van der Waals surface area (Å²) in [6.45, 7) is 1.80. The van der Waals surface area contributed by atoms with Crippen molar-refractivity contribution in [2.45, 2.75) is 50.6 Å². The molecule has 2 atom stereocenters. The van der Waals surface area contributed by atoms with Gasteiger partial charge in [-0.15, -0.1) is 11.3 Å². The average molecular weight is 266 g/mol. The van der Waals surface area contributed by atoms with Gasteiger partial charge in [0.15, 0.2) is 0 Å². The zero-order valence-corrected chi connectivity index (χ0v) is 11.5. The Kier molecular flexibility index (Phi) is 2.90. The van der Waals surface area contributed by atoms with Crippen molar-refractivity contribution in [2.24, 2.45) is 0 Å². The molecule has 2 aliphatic heterocycles. The van der Waals surface area contributed by atoms with Gasteiger partial charge in [-0.05, 0) is 39.7 Å². The van der Waals surface area contributed by atoms with Crippen LogP contribution in [0.4, 0.5) is 0 Å². The number of fused-ring (bicyclic) bond motifs is 2. The van der Waals surface area contributed by atoms with Crippen molar-refractivity contribution in [3.8, 4) is 0 Å². The molecule has 1 aromatic rings. The summed E-state index contributed by atoms with van der Waals surface area (Å²) in [5.41, 5.74) is 0.675. The zero-order chi connectivity index (χ0) is 12.9. The Morgan fingerprint density at radius 3 is 2.50 bits per heavy atom. The number of rotatable bonds is 2. The number of aromatic carboxylic acids is 1. The standard InChI is InChI=1S/C13H18N2O2S/c1-7-11(13(16)17)18-12(14-7)8-5-9-3-4-10(6-8)15(9)2/h8-10H,3-6H2,1-2H3,(H,16,17). The monoisotopic (exact) mass is 266 g/mol. The Morgan fingerprint density at radius 2 is 2.00 bits per heavy atom. The van der Waals surface area contributed by atoms with E-state index in [2.05, 4.69) is 16.9 Å². The molecule has 1 N–H and O–H groups in total. The molecule has 0 amide bonds. The molecule has 1 aromatic heterocycles. The number of piperidine rings is 1. The predicted molar refractivity (Wildman–Crippen MR) is 70.4 cm³/mol.